The van der Waals surface area contributed by atoms with Crippen LogP contribution in [0.4, 0.5) is 4.79 Å². The van der Waals surface area contributed by atoms with Crippen LogP contribution in [-0.2, 0) is 6.42 Å². The predicted octanol–water partition coefficient (Wildman–Crippen LogP) is 0.719. The SMILES string of the molecule is COc1ccc(CCNC(=O)NN)cc1C. The number of aryl methyl sites for hydroxylation is 1. The zero-order valence-corrected chi connectivity index (χ0v) is 9.54. The third kappa shape index (κ3) is 3.43. The van der Waals surface area contributed by atoms with Gasteiger partial charge in [0.25, 0.3) is 0 Å². The third-order valence-corrected chi connectivity index (χ3v) is 2.29. The summed E-state index contributed by atoms with van der Waals surface area (Å²) in [7, 11) is 1.65. The Morgan fingerprint density at radius 3 is 2.81 bits per heavy atom. The van der Waals surface area contributed by atoms with E-state index in [1.165, 1.54) is 0 Å². The second-order valence-corrected chi connectivity index (χ2v) is 3.45. The van der Waals surface area contributed by atoms with E-state index in [1.807, 2.05) is 30.5 Å². The van der Waals surface area contributed by atoms with Gasteiger partial charge in [0.1, 0.15) is 5.75 Å². The fourth-order valence-electron chi connectivity index (χ4n) is 1.47. The molecule has 0 bridgehead atoms. The predicted molar refractivity (Wildman–Crippen MR) is 62.2 cm³/mol. The molecule has 1 aromatic carbocycles. The number of carbonyl (C=O) groups is 1. The molecule has 5 heteroatoms. The van der Waals surface area contributed by atoms with Crippen molar-refractivity contribution in [2.75, 3.05) is 13.7 Å². The van der Waals surface area contributed by atoms with Crippen LogP contribution in [0.2, 0.25) is 0 Å². The lowest BCUT2D eigenvalue weighted by Crippen LogP contribution is -2.40. The molecular weight excluding hydrogens is 206 g/mol. The van der Waals surface area contributed by atoms with Crippen LogP contribution in [0, 0.1) is 6.92 Å². The second-order valence-electron chi connectivity index (χ2n) is 3.45. The molecule has 0 aliphatic rings. The molecule has 1 aromatic rings. The highest BCUT2D eigenvalue weighted by atomic mass is 16.5. The highest BCUT2D eigenvalue weighted by molar-refractivity contribution is 5.72. The van der Waals surface area contributed by atoms with Gasteiger partial charge in [0, 0.05) is 6.54 Å². The van der Waals surface area contributed by atoms with Crippen LogP contribution in [0.5, 0.6) is 5.75 Å². The molecule has 0 unspecified atom stereocenters. The largest absolute Gasteiger partial charge is 0.496 e. The van der Waals surface area contributed by atoms with Crippen molar-refractivity contribution >= 4 is 6.03 Å². The zero-order valence-electron chi connectivity index (χ0n) is 9.54. The molecule has 1 rings (SSSR count). The molecule has 0 radical (unpaired) electrons. The molecule has 0 saturated carbocycles. The van der Waals surface area contributed by atoms with Crippen molar-refractivity contribution in [2.24, 2.45) is 5.84 Å². The van der Waals surface area contributed by atoms with E-state index in [-0.39, 0.29) is 6.03 Å². The average Bonchev–Trinajstić information content (AvgIpc) is 2.29. The van der Waals surface area contributed by atoms with E-state index in [0.717, 1.165) is 23.3 Å². The highest BCUT2D eigenvalue weighted by Gasteiger charge is 2.01. The molecule has 5 nitrogen and oxygen atoms in total. The maximum atomic E-state index is 10.8. The van der Waals surface area contributed by atoms with Gasteiger partial charge in [0.05, 0.1) is 7.11 Å². The Labute approximate surface area is 94.9 Å². The van der Waals surface area contributed by atoms with Gasteiger partial charge in [-0.05, 0) is 30.5 Å². The molecule has 0 aliphatic heterocycles. The van der Waals surface area contributed by atoms with Gasteiger partial charge in [-0.3, -0.25) is 5.43 Å². The lowest BCUT2D eigenvalue weighted by molar-refractivity contribution is 0.241. The third-order valence-electron chi connectivity index (χ3n) is 2.29. The van der Waals surface area contributed by atoms with E-state index in [0.29, 0.717) is 6.54 Å². The van der Waals surface area contributed by atoms with Gasteiger partial charge in [0.2, 0.25) is 0 Å². The topological polar surface area (TPSA) is 76.4 Å². The van der Waals surface area contributed by atoms with Gasteiger partial charge in [-0.15, -0.1) is 0 Å². The number of hydrogen-bond donors (Lipinski definition) is 3. The lowest BCUT2D eigenvalue weighted by Gasteiger charge is -2.08. The molecule has 2 amide bonds. The molecule has 16 heavy (non-hydrogen) atoms. The minimum atomic E-state index is -0.370. The van der Waals surface area contributed by atoms with E-state index in [9.17, 15) is 4.79 Å². The van der Waals surface area contributed by atoms with Crippen LogP contribution >= 0.6 is 0 Å². The van der Waals surface area contributed by atoms with Crippen molar-refractivity contribution in [2.45, 2.75) is 13.3 Å². The molecule has 0 heterocycles. The molecule has 0 spiro atoms. The van der Waals surface area contributed by atoms with Crippen molar-refractivity contribution in [1.82, 2.24) is 10.7 Å². The van der Waals surface area contributed by atoms with Gasteiger partial charge in [0.15, 0.2) is 0 Å². The Morgan fingerprint density at radius 1 is 1.50 bits per heavy atom. The van der Waals surface area contributed by atoms with Gasteiger partial charge >= 0.3 is 6.03 Å². The molecule has 0 fully saturated rings. The number of nitrogens with two attached hydrogens (primary N) is 1. The maximum absolute atomic E-state index is 10.8. The molecular formula is C11H17N3O2. The van der Waals surface area contributed by atoms with E-state index < -0.39 is 0 Å². The number of amides is 2. The molecule has 4 N–H and O–H groups in total. The van der Waals surface area contributed by atoms with Crippen LogP contribution < -0.4 is 21.3 Å². The zero-order chi connectivity index (χ0) is 12.0. The molecule has 0 aliphatic carbocycles. The minimum absolute atomic E-state index is 0.370. The highest BCUT2D eigenvalue weighted by Crippen LogP contribution is 2.18. The smallest absolute Gasteiger partial charge is 0.328 e. The van der Waals surface area contributed by atoms with E-state index in [1.54, 1.807) is 7.11 Å². The fourth-order valence-corrected chi connectivity index (χ4v) is 1.47. The van der Waals surface area contributed by atoms with Gasteiger partial charge in [-0.25, -0.2) is 10.6 Å². The summed E-state index contributed by atoms with van der Waals surface area (Å²) in [5.74, 6) is 5.81. The summed E-state index contributed by atoms with van der Waals surface area (Å²) in [5.41, 5.74) is 4.25. The second kappa shape index (κ2) is 5.97. The lowest BCUT2D eigenvalue weighted by atomic mass is 10.1. The average molecular weight is 223 g/mol. The number of urea groups is 1. The Hall–Kier alpha value is -1.75. The summed E-state index contributed by atoms with van der Waals surface area (Å²) in [4.78, 5) is 10.8. The van der Waals surface area contributed by atoms with Crippen LogP contribution in [-0.4, -0.2) is 19.7 Å². The Kier molecular flexibility index (Phi) is 4.60. The van der Waals surface area contributed by atoms with Gasteiger partial charge in [-0.2, -0.15) is 0 Å². The monoisotopic (exact) mass is 223 g/mol. The summed E-state index contributed by atoms with van der Waals surface area (Å²) in [5, 5.41) is 2.62. The van der Waals surface area contributed by atoms with Crippen molar-refractivity contribution in [3.05, 3.63) is 29.3 Å². The van der Waals surface area contributed by atoms with Crippen LogP contribution in [0.25, 0.3) is 0 Å². The number of carbonyl (C=O) groups excluding carboxylic acids is 1. The minimum Gasteiger partial charge on any atom is -0.496 e. The summed E-state index contributed by atoms with van der Waals surface area (Å²) in [6, 6.07) is 5.58. The number of rotatable bonds is 4. The van der Waals surface area contributed by atoms with E-state index >= 15 is 0 Å². The van der Waals surface area contributed by atoms with Gasteiger partial charge in [-0.1, -0.05) is 12.1 Å². The van der Waals surface area contributed by atoms with Crippen molar-refractivity contribution in [3.8, 4) is 5.75 Å². The summed E-state index contributed by atoms with van der Waals surface area (Å²) < 4.78 is 5.16. The van der Waals surface area contributed by atoms with Gasteiger partial charge < -0.3 is 10.1 Å². The fraction of sp³-hybridized carbons (Fsp3) is 0.364. The Balaban J connectivity index is 2.49. The number of hydrazine groups is 1. The molecule has 88 valence electrons. The van der Waals surface area contributed by atoms with E-state index in [4.69, 9.17) is 10.6 Å². The number of benzene rings is 1. The van der Waals surface area contributed by atoms with Crippen molar-refractivity contribution in [3.63, 3.8) is 0 Å². The summed E-state index contributed by atoms with van der Waals surface area (Å²) in [6.45, 7) is 2.54. The van der Waals surface area contributed by atoms with Crippen LogP contribution in [0.3, 0.4) is 0 Å². The van der Waals surface area contributed by atoms with Crippen molar-refractivity contribution < 1.29 is 9.53 Å². The Morgan fingerprint density at radius 2 is 2.25 bits per heavy atom. The maximum Gasteiger partial charge on any atom is 0.328 e. The number of methoxy groups -OCH3 is 1. The first-order chi connectivity index (χ1) is 7.67. The van der Waals surface area contributed by atoms with Crippen molar-refractivity contribution in [1.29, 1.82) is 0 Å². The number of hydrogen-bond acceptors (Lipinski definition) is 3. The molecule has 0 saturated heterocycles. The quantitative estimate of drug-likeness (QED) is 0.400. The Bertz CT molecular complexity index is 366. The first-order valence-electron chi connectivity index (χ1n) is 5.05. The number of nitrogens with one attached hydrogen (secondary N) is 2. The van der Waals surface area contributed by atoms with Crippen LogP contribution in [0.1, 0.15) is 11.1 Å². The normalized spacial score (nSPS) is 9.69. The van der Waals surface area contributed by atoms with E-state index in [2.05, 4.69) is 5.32 Å². The first-order valence-corrected chi connectivity index (χ1v) is 5.05. The summed E-state index contributed by atoms with van der Waals surface area (Å²) in [6.07, 6.45) is 0.762. The van der Waals surface area contributed by atoms with Crippen LogP contribution in [0.15, 0.2) is 18.2 Å². The summed E-state index contributed by atoms with van der Waals surface area (Å²) >= 11 is 0. The molecule has 0 aromatic heterocycles. The standard InChI is InChI=1S/C11H17N3O2/c1-8-7-9(3-4-10(8)16-2)5-6-13-11(15)14-12/h3-4,7H,5-6,12H2,1-2H3,(H2,13,14,15). The first kappa shape index (κ1) is 12.3. The molecule has 0 atom stereocenters. The number of ether oxygens (including phenoxy) is 1.